The molecule has 2 atom stereocenters. The summed E-state index contributed by atoms with van der Waals surface area (Å²) in [7, 11) is 0. The van der Waals surface area contributed by atoms with Gasteiger partial charge in [-0.2, -0.15) is 5.26 Å². The smallest absolute Gasteiger partial charge is 0.410 e. The van der Waals surface area contributed by atoms with Crippen molar-refractivity contribution in [1.29, 1.82) is 5.26 Å². The third kappa shape index (κ3) is 4.01. The van der Waals surface area contributed by atoms with Crippen molar-refractivity contribution < 1.29 is 23.1 Å². The Bertz CT molecular complexity index is 804. The maximum absolute atomic E-state index is 13.9. The lowest BCUT2D eigenvalue weighted by Crippen LogP contribution is -2.56. The van der Waals surface area contributed by atoms with Gasteiger partial charge in [-0.1, -0.05) is 0 Å². The van der Waals surface area contributed by atoms with Gasteiger partial charge in [-0.15, -0.1) is 0 Å². The quantitative estimate of drug-likeness (QED) is 0.693. The molecule has 150 valence electrons. The Morgan fingerprint density at radius 3 is 2.14 bits per heavy atom. The molecule has 0 saturated carbocycles. The highest BCUT2D eigenvalue weighted by atomic mass is 19.1. The van der Waals surface area contributed by atoms with Crippen LogP contribution in [0.5, 0.6) is 0 Å². The van der Waals surface area contributed by atoms with Crippen LogP contribution in [0.2, 0.25) is 0 Å². The van der Waals surface area contributed by atoms with E-state index in [0.29, 0.717) is 12.8 Å². The molecule has 2 unspecified atom stereocenters. The molecule has 2 bridgehead atoms. The summed E-state index contributed by atoms with van der Waals surface area (Å²) in [6, 6.07) is 3.08. The van der Waals surface area contributed by atoms with Crippen molar-refractivity contribution in [2.75, 3.05) is 0 Å². The zero-order valence-electron chi connectivity index (χ0n) is 16.3. The molecule has 0 N–H and O–H groups in total. The zero-order chi connectivity index (χ0) is 20.6. The fraction of sp³-hybridized carbons (Fsp3) is 0.571. The van der Waals surface area contributed by atoms with Gasteiger partial charge in [0.05, 0.1) is 0 Å². The molecule has 2 aliphatic heterocycles. The van der Waals surface area contributed by atoms with Crippen LogP contribution in [-0.4, -0.2) is 34.5 Å². The molecule has 3 rings (SSSR count). The van der Waals surface area contributed by atoms with Crippen LogP contribution in [-0.2, 0) is 4.74 Å². The number of hydrogen-bond acceptors (Lipinski definition) is 4. The molecule has 2 aliphatic rings. The standard InChI is InChI=1S/C21H24F2N2O3/c1-21(2,3)28-20(27)25-14-5-4-6-15(25)8-12(7-14)19(26)13-9-17(22)16(11-24)18(23)10-13/h9-10,12,14-15H,4-8H2,1-3H3. The normalized spacial score (nSPS) is 24.4. The number of benzene rings is 1. The minimum atomic E-state index is -1.03. The van der Waals surface area contributed by atoms with Crippen molar-refractivity contribution in [3.05, 3.63) is 34.9 Å². The monoisotopic (exact) mass is 390 g/mol. The Morgan fingerprint density at radius 1 is 1.14 bits per heavy atom. The van der Waals surface area contributed by atoms with Gasteiger partial charge in [0.15, 0.2) is 5.78 Å². The van der Waals surface area contributed by atoms with Crippen molar-refractivity contribution in [3.63, 3.8) is 0 Å². The first kappa shape index (κ1) is 20.2. The Kier molecular flexibility index (Phi) is 5.42. The van der Waals surface area contributed by atoms with Crippen LogP contribution in [0.1, 0.15) is 68.8 Å². The van der Waals surface area contributed by atoms with Crippen molar-refractivity contribution >= 4 is 11.9 Å². The Balaban J connectivity index is 1.79. The molecule has 28 heavy (non-hydrogen) atoms. The molecule has 1 aromatic rings. The van der Waals surface area contributed by atoms with Gasteiger partial charge in [0, 0.05) is 23.6 Å². The maximum Gasteiger partial charge on any atom is 0.410 e. The van der Waals surface area contributed by atoms with Crippen LogP contribution in [0.15, 0.2) is 12.1 Å². The molecule has 7 heteroatoms. The summed E-state index contributed by atoms with van der Waals surface area (Å²) in [6.45, 7) is 5.43. The molecule has 0 aromatic heterocycles. The number of rotatable bonds is 2. The molecule has 0 aliphatic carbocycles. The lowest BCUT2D eigenvalue weighted by atomic mass is 9.75. The van der Waals surface area contributed by atoms with Crippen LogP contribution in [0.25, 0.3) is 0 Å². The highest BCUT2D eigenvalue weighted by Crippen LogP contribution is 2.39. The van der Waals surface area contributed by atoms with Gasteiger partial charge in [-0.25, -0.2) is 13.6 Å². The van der Waals surface area contributed by atoms with Crippen LogP contribution in [0, 0.1) is 28.9 Å². The molecule has 0 radical (unpaired) electrons. The van der Waals surface area contributed by atoms with E-state index in [4.69, 9.17) is 10.00 Å². The van der Waals surface area contributed by atoms with Gasteiger partial charge in [0.1, 0.15) is 28.9 Å². The van der Waals surface area contributed by atoms with Gasteiger partial charge >= 0.3 is 6.09 Å². The summed E-state index contributed by atoms with van der Waals surface area (Å²) >= 11 is 0. The van der Waals surface area contributed by atoms with Crippen molar-refractivity contribution in [1.82, 2.24) is 4.90 Å². The van der Waals surface area contributed by atoms with Crippen LogP contribution in [0.3, 0.4) is 0 Å². The van der Waals surface area contributed by atoms with E-state index in [1.165, 1.54) is 6.07 Å². The SMILES string of the molecule is CC(C)(C)OC(=O)N1C2CCCC1CC(C(=O)c1cc(F)c(C#N)c(F)c1)C2. The number of ketones is 1. The largest absolute Gasteiger partial charge is 0.444 e. The summed E-state index contributed by atoms with van der Waals surface area (Å²) < 4.78 is 33.3. The number of ether oxygens (including phenoxy) is 1. The van der Waals surface area contributed by atoms with Gasteiger partial charge in [0.25, 0.3) is 0 Å². The molecule has 1 aromatic carbocycles. The van der Waals surface area contributed by atoms with E-state index in [2.05, 4.69) is 0 Å². The van der Waals surface area contributed by atoms with E-state index in [0.717, 1.165) is 31.4 Å². The predicted molar refractivity (Wildman–Crippen MR) is 97.6 cm³/mol. The van der Waals surface area contributed by atoms with E-state index in [-0.39, 0.29) is 29.5 Å². The first-order chi connectivity index (χ1) is 13.1. The van der Waals surface area contributed by atoms with Gasteiger partial charge < -0.3 is 9.64 Å². The first-order valence-corrected chi connectivity index (χ1v) is 9.55. The molecule has 2 fully saturated rings. The molecule has 1 amide bonds. The average molecular weight is 390 g/mol. The Hall–Kier alpha value is -2.49. The number of piperidine rings is 2. The second-order valence-electron chi connectivity index (χ2n) is 8.59. The van der Waals surface area contributed by atoms with E-state index in [1.807, 2.05) is 20.8 Å². The fourth-order valence-corrected chi connectivity index (χ4v) is 4.27. The third-order valence-electron chi connectivity index (χ3n) is 5.39. The Morgan fingerprint density at radius 2 is 1.68 bits per heavy atom. The summed E-state index contributed by atoms with van der Waals surface area (Å²) in [4.78, 5) is 27.3. The third-order valence-corrected chi connectivity index (χ3v) is 5.39. The van der Waals surface area contributed by atoms with Crippen LogP contribution >= 0.6 is 0 Å². The molecular weight excluding hydrogens is 366 g/mol. The number of amides is 1. The number of halogens is 2. The van der Waals surface area contributed by atoms with Crippen LogP contribution in [0.4, 0.5) is 13.6 Å². The van der Waals surface area contributed by atoms with E-state index in [1.54, 1.807) is 4.90 Å². The minimum absolute atomic E-state index is 0.0669. The number of nitriles is 1. The summed E-state index contributed by atoms with van der Waals surface area (Å²) in [5.74, 6) is -2.82. The Labute approximate surface area is 163 Å². The van der Waals surface area contributed by atoms with E-state index in [9.17, 15) is 18.4 Å². The second-order valence-corrected chi connectivity index (χ2v) is 8.59. The number of nitrogens with zero attached hydrogens (tertiary/aromatic N) is 2. The van der Waals surface area contributed by atoms with Crippen molar-refractivity contribution in [2.24, 2.45) is 5.92 Å². The first-order valence-electron chi connectivity index (χ1n) is 9.55. The van der Waals surface area contributed by atoms with Gasteiger partial charge in [-0.05, 0) is 65.0 Å². The summed E-state index contributed by atoms with van der Waals surface area (Å²) in [5.41, 5.74) is -1.36. The summed E-state index contributed by atoms with van der Waals surface area (Å²) in [6.07, 6.45) is 3.03. The minimum Gasteiger partial charge on any atom is -0.444 e. The topological polar surface area (TPSA) is 70.4 Å². The highest BCUT2D eigenvalue weighted by molar-refractivity contribution is 5.98. The maximum atomic E-state index is 13.9. The number of carbonyl (C=O) groups excluding carboxylic acids is 2. The highest BCUT2D eigenvalue weighted by Gasteiger charge is 2.44. The number of fused-ring (bicyclic) bond motifs is 2. The number of Topliss-reactive ketones (excluding diaryl/α,β-unsaturated/α-hetero) is 1. The molecule has 2 saturated heterocycles. The molecular formula is C21H24F2N2O3. The summed E-state index contributed by atoms with van der Waals surface area (Å²) in [5, 5.41) is 8.78. The van der Waals surface area contributed by atoms with E-state index >= 15 is 0 Å². The lowest BCUT2D eigenvalue weighted by molar-refractivity contribution is -0.0260. The fourth-order valence-electron chi connectivity index (χ4n) is 4.27. The molecule has 5 nitrogen and oxygen atoms in total. The number of hydrogen-bond donors (Lipinski definition) is 0. The van der Waals surface area contributed by atoms with Gasteiger partial charge in [0.2, 0.25) is 0 Å². The second kappa shape index (κ2) is 7.50. The molecule has 2 heterocycles. The van der Waals surface area contributed by atoms with Crippen molar-refractivity contribution in [2.45, 2.75) is 70.6 Å². The average Bonchev–Trinajstić information content (AvgIpc) is 2.58. The van der Waals surface area contributed by atoms with Crippen LogP contribution < -0.4 is 0 Å². The lowest BCUT2D eigenvalue weighted by Gasteiger charge is -2.48. The zero-order valence-corrected chi connectivity index (χ0v) is 16.3. The van der Waals surface area contributed by atoms with Gasteiger partial charge in [-0.3, -0.25) is 4.79 Å². The van der Waals surface area contributed by atoms with Crippen molar-refractivity contribution in [3.8, 4) is 6.07 Å². The molecule has 0 spiro atoms. The van der Waals surface area contributed by atoms with E-state index < -0.39 is 28.7 Å². The number of carbonyl (C=O) groups is 2. The predicted octanol–water partition coefficient (Wildman–Crippen LogP) is 4.59.